The van der Waals surface area contributed by atoms with Crippen molar-refractivity contribution in [2.75, 3.05) is 14.2 Å². The molecular weight excluding hydrogens is 418 g/mol. The molecule has 4 rings (SSSR count). The number of halogens is 1. The van der Waals surface area contributed by atoms with Crippen molar-refractivity contribution in [1.82, 2.24) is 14.3 Å². The molecule has 2 aliphatic heterocycles. The van der Waals surface area contributed by atoms with Crippen LogP contribution in [0.5, 0.6) is 11.9 Å². The highest BCUT2D eigenvalue weighted by atomic mass is 35.5. The fourth-order valence-electron chi connectivity index (χ4n) is 4.45. The van der Waals surface area contributed by atoms with Gasteiger partial charge in [-0.25, -0.2) is 13.4 Å². The van der Waals surface area contributed by atoms with Gasteiger partial charge in [-0.15, -0.1) is 0 Å². The van der Waals surface area contributed by atoms with Crippen molar-refractivity contribution in [3.63, 3.8) is 0 Å². The molecule has 29 heavy (non-hydrogen) atoms. The third-order valence-corrected chi connectivity index (χ3v) is 7.97. The first-order chi connectivity index (χ1) is 13.8. The summed E-state index contributed by atoms with van der Waals surface area (Å²) in [5, 5.41) is 11.9. The Morgan fingerprint density at radius 3 is 2.31 bits per heavy atom. The van der Waals surface area contributed by atoms with Crippen molar-refractivity contribution in [3.8, 4) is 11.9 Å². The van der Waals surface area contributed by atoms with Crippen LogP contribution in [0.4, 0.5) is 0 Å². The third-order valence-electron chi connectivity index (χ3n) is 5.70. The highest BCUT2D eigenvalue weighted by Crippen LogP contribution is 2.49. The van der Waals surface area contributed by atoms with Crippen molar-refractivity contribution in [2.24, 2.45) is 0 Å². The molecule has 0 aliphatic carbocycles. The van der Waals surface area contributed by atoms with Gasteiger partial charge in [0.25, 0.3) is 0 Å². The molecule has 2 aliphatic rings. The molecule has 2 aromatic rings. The summed E-state index contributed by atoms with van der Waals surface area (Å²) in [6.45, 7) is 0. The summed E-state index contributed by atoms with van der Waals surface area (Å²) in [5.74, 6) is 0.229. The molecule has 1 aromatic carbocycles. The number of benzene rings is 1. The van der Waals surface area contributed by atoms with Gasteiger partial charge in [-0.3, -0.25) is 0 Å². The van der Waals surface area contributed by atoms with Crippen molar-refractivity contribution >= 4 is 21.6 Å². The van der Waals surface area contributed by atoms with Crippen LogP contribution in [0.1, 0.15) is 31.2 Å². The van der Waals surface area contributed by atoms with E-state index in [9.17, 15) is 13.5 Å². The zero-order valence-electron chi connectivity index (χ0n) is 16.1. The maximum atomic E-state index is 13.2. The second-order valence-corrected chi connectivity index (χ2v) is 9.67. The van der Waals surface area contributed by atoms with Crippen LogP contribution in [0, 0.1) is 0 Å². The maximum absolute atomic E-state index is 13.2. The molecule has 1 N–H and O–H groups in total. The lowest BCUT2D eigenvalue weighted by molar-refractivity contribution is -0.0362. The Morgan fingerprint density at radius 2 is 1.76 bits per heavy atom. The summed E-state index contributed by atoms with van der Waals surface area (Å²) in [7, 11) is -0.783. The number of aromatic nitrogens is 2. The van der Waals surface area contributed by atoms with Gasteiger partial charge in [0.2, 0.25) is 15.9 Å². The predicted molar refractivity (Wildman–Crippen MR) is 106 cm³/mol. The number of ether oxygens (including phenoxy) is 2. The van der Waals surface area contributed by atoms with Gasteiger partial charge in [-0.1, -0.05) is 11.6 Å². The minimum Gasteiger partial charge on any atom is -0.481 e. The van der Waals surface area contributed by atoms with E-state index in [4.69, 9.17) is 21.1 Å². The highest BCUT2D eigenvalue weighted by Gasteiger charge is 2.53. The lowest BCUT2D eigenvalue weighted by Gasteiger charge is -2.43. The molecule has 0 radical (unpaired) electrons. The second-order valence-electron chi connectivity index (χ2n) is 7.39. The molecule has 8 nitrogen and oxygen atoms in total. The van der Waals surface area contributed by atoms with Crippen molar-refractivity contribution < 1.29 is 23.0 Å². The molecule has 0 amide bonds. The summed E-state index contributed by atoms with van der Waals surface area (Å²) in [5.41, 5.74) is -0.837. The number of nitrogens with zero attached hydrogens (tertiary/aromatic N) is 3. The van der Waals surface area contributed by atoms with E-state index >= 15 is 0 Å². The molecule has 1 aromatic heterocycles. The first-order valence-electron chi connectivity index (χ1n) is 9.25. The number of piperidine rings is 1. The van der Waals surface area contributed by atoms with Gasteiger partial charge in [0.15, 0.2) is 0 Å². The molecule has 10 heteroatoms. The van der Waals surface area contributed by atoms with Crippen LogP contribution < -0.4 is 9.47 Å². The molecule has 2 atom stereocenters. The average molecular weight is 440 g/mol. The van der Waals surface area contributed by atoms with Gasteiger partial charge < -0.3 is 14.6 Å². The Kier molecular flexibility index (Phi) is 5.18. The van der Waals surface area contributed by atoms with E-state index in [1.807, 2.05) is 0 Å². The summed E-state index contributed by atoms with van der Waals surface area (Å²) in [6, 6.07) is 5.64. The molecule has 0 spiro atoms. The van der Waals surface area contributed by atoms with Crippen LogP contribution in [-0.2, 0) is 15.6 Å². The Morgan fingerprint density at radius 1 is 1.14 bits per heavy atom. The molecule has 0 saturated carbocycles. The van der Waals surface area contributed by atoms with E-state index < -0.39 is 15.6 Å². The van der Waals surface area contributed by atoms with Gasteiger partial charge in [-0.2, -0.15) is 9.29 Å². The van der Waals surface area contributed by atoms with Crippen molar-refractivity contribution in [3.05, 3.63) is 41.0 Å². The molecule has 2 bridgehead atoms. The Bertz CT molecular complexity index is 1000. The number of sulfonamides is 1. The normalized spacial score (nSPS) is 27.0. The Hall–Kier alpha value is -1.94. The summed E-state index contributed by atoms with van der Waals surface area (Å²) >= 11 is 5.90. The molecule has 0 unspecified atom stereocenters. The largest absolute Gasteiger partial charge is 0.481 e. The van der Waals surface area contributed by atoms with Crippen molar-refractivity contribution in [1.29, 1.82) is 0 Å². The SMILES string of the molecule is COc1ncc(C2(O)C[C@@H]3CC[C@@H](C2)N3S(=O)(=O)c2ccc(Cl)cc2)c(OC)n1. The lowest BCUT2D eigenvalue weighted by Crippen LogP contribution is -2.52. The highest BCUT2D eigenvalue weighted by molar-refractivity contribution is 7.89. The van der Waals surface area contributed by atoms with E-state index in [-0.39, 0.29) is 41.7 Å². The van der Waals surface area contributed by atoms with Crippen LogP contribution in [-0.4, -0.2) is 54.1 Å². The fourth-order valence-corrected chi connectivity index (χ4v) is 6.44. The van der Waals surface area contributed by atoms with E-state index in [1.165, 1.54) is 32.5 Å². The molecule has 2 saturated heterocycles. The van der Waals surface area contributed by atoms with E-state index in [2.05, 4.69) is 9.97 Å². The van der Waals surface area contributed by atoms with Gasteiger partial charge in [0.05, 0.1) is 30.3 Å². The first kappa shape index (κ1) is 20.3. The molecular formula is C19H22ClN3O5S. The summed E-state index contributed by atoms with van der Waals surface area (Å²) < 4.78 is 38.4. The minimum absolute atomic E-state index is 0.139. The molecule has 2 fully saturated rings. The fraction of sp³-hybridized carbons (Fsp3) is 0.474. The Balaban J connectivity index is 1.66. The standard InChI is InChI=1S/C19H22ClN3O5S/c1-27-17-16(11-21-18(22-17)28-2)19(24)9-13-5-6-14(10-19)23(13)29(25,26)15-7-3-12(20)4-8-15/h3-4,7-8,11,13-14,24H,5-6,9-10H2,1-2H3/t13-,14-/m0/s1. The van der Waals surface area contributed by atoms with Crippen LogP contribution >= 0.6 is 11.6 Å². The maximum Gasteiger partial charge on any atom is 0.319 e. The zero-order chi connectivity index (χ0) is 20.8. The second kappa shape index (κ2) is 7.39. The monoisotopic (exact) mass is 439 g/mol. The predicted octanol–water partition coefficient (Wildman–Crippen LogP) is 2.35. The van der Waals surface area contributed by atoms with Gasteiger partial charge in [0.1, 0.15) is 0 Å². The average Bonchev–Trinajstić information content (AvgIpc) is 3.01. The number of rotatable bonds is 5. The number of methoxy groups -OCH3 is 2. The lowest BCUT2D eigenvalue weighted by atomic mass is 9.82. The van der Waals surface area contributed by atoms with Gasteiger partial charge in [0, 0.05) is 23.3 Å². The van der Waals surface area contributed by atoms with Crippen LogP contribution in [0.15, 0.2) is 35.4 Å². The quantitative estimate of drug-likeness (QED) is 0.762. The number of hydrogen-bond donors (Lipinski definition) is 1. The van der Waals surface area contributed by atoms with Crippen molar-refractivity contribution in [2.45, 2.75) is 48.3 Å². The van der Waals surface area contributed by atoms with E-state index in [0.717, 1.165) is 0 Å². The van der Waals surface area contributed by atoms with Crippen LogP contribution in [0.3, 0.4) is 0 Å². The van der Waals surface area contributed by atoms with Gasteiger partial charge in [-0.05, 0) is 49.9 Å². The minimum atomic E-state index is -3.69. The number of fused-ring (bicyclic) bond motifs is 2. The van der Waals surface area contributed by atoms with E-state index in [0.29, 0.717) is 23.4 Å². The smallest absolute Gasteiger partial charge is 0.319 e. The van der Waals surface area contributed by atoms with Crippen LogP contribution in [0.2, 0.25) is 5.02 Å². The number of hydrogen-bond acceptors (Lipinski definition) is 7. The van der Waals surface area contributed by atoms with Crippen LogP contribution in [0.25, 0.3) is 0 Å². The number of aliphatic hydroxyl groups is 1. The summed E-state index contributed by atoms with van der Waals surface area (Å²) in [4.78, 5) is 8.47. The molecule has 3 heterocycles. The van der Waals surface area contributed by atoms with E-state index in [1.54, 1.807) is 16.4 Å². The third kappa shape index (κ3) is 3.46. The first-order valence-corrected chi connectivity index (χ1v) is 11.1. The summed E-state index contributed by atoms with van der Waals surface area (Å²) in [6.07, 6.45) is 3.33. The molecule has 156 valence electrons. The topological polar surface area (TPSA) is 102 Å². The Labute approximate surface area is 174 Å². The zero-order valence-corrected chi connectivity index (χ0v) is 17.7. The van der Waals surface area contributed by atoms with Gasteiger partial charge >= 0.3 is 6.01 Å².